The number of hydrogen-bond acceptors (Lipinski definition) is 7. The van der Waals surface area contributed by atoms with Crippen molar-refractivity contribution in [3.8, 4) is 5.75 Å². The minimum absolute atomic E-state index is 0.192. The molecule has 0 radical (unpaired) electrons. The summed E-state index contributed by atoms with van der Waals surface area (Å²) in [4.78, 5) is 34.5. The van der Waals surface area contributed by atoms with Gasteiger partial charge < -0.3 is 14.4 Å². The molecular weight excluding hydrogens is 498 g/mol. The van der Waals surface area contributed by atoms with Gasteiger partial charge in [0.05, 0.1) is 34.6 Å². The number of allylic oxidation sites excluding steroid dienone is 1. The van der Waals surface area contributed by atoms with Crippen molar-refractivity contribution in [2.24, 2.45) is 4.99 Å². The van der Waals surface area contributed by atoms with Crippen molar-refractivity contribution < 1.29 is 14.3 Å². The van der Waals surface area contributed by atoms with Crippen molar-refractivity contribution >= 4 is 29.1 Å². The molecule has 0 fully saturated rings. The smallest absolute Gasteiger partial charge is 0.338 e. The number of benzene rings is 2. The Balaban J connectivity index is 1.83. The number of ether oxygens (including phenoxy) is 2. The monoisotopic (exact) mass is 533 g/mol. The van der Waals surface area contributed by atoms with Gasteiger partial charge in [-0.1, -0.05) is 35.6 Å². The molecule has 1 aromatic heterocycles. The van der Waals surface area contributed by atoms with Crippen LogP contribution in [0.2, 0.25) is 0 Å². The Labute approximate surface area is 227 Å². The Kier molecular flexibility index (Phi) is 8.52. The highest BCUT2D eigenvalue weighted by atomic mass is 32.1. The lowest BCUT2D eigenvalue weighted by atomic mass is 9.96. The second-order valence-corrected chi connectivity index (χ2v) is 10.3. The molecule has 0 saturated carbocycles. The van der Waals surface area contributed by atoms with Crippen molar-refractivity contribution in [1.82, 2.24) is 4.57 Å². The molecule has 7 nitrogen and oxygen atoms in total. The van der Waals surface area contributed by atoms with Crippen LogP contribution in [0.15, 0.2) is 69.6 Å². The van der Waals surface area contributed by atoms with Crippen LogP contribution in [0.5, 0.6) is 5.75 Å². The number of esters is 1. The number of carbonyl (C=O) groups excluding carboxylic acids is 1. The Morgan fingerprint density at radius 1 is 1.08 bits per heavy atom. The molecule has 8 heteroatoms. The van der Waals surface area contributed by atoms with Crippen LogP contribution in [0.1, 0.15) is 58.7 Å². The maximum absolute atomic E-state index is 13.8. The number of nitrogens with zero attached hydrogens (tertiary/aromatic N) is 3. The molecular formula is C30H35N3O4S. The van der Waals surface area contributed by atoms with Gasteiger partial charge in [-0.05, 0) is 83.0 Å². The van der Waals surface area contributed by atoms with Crippen LogP contribution < -0.4 is 24.5 Å². The van der Waals surface area contributed by atoms with E-state index in [2.05, 4.69) is 35.9 Å². The minimum Gasteiger partial charge on any atom is -0.494 e. The van der Waals surface area contributed by atoms with Gasteiger partial charge in [0, 0.05) is 18.8 Å². The molecule has 3 aromatic rings. The van der Waals surface area contributed by atoms with Gasteiger partial charge in [-0.3, -0.25) is 9.36 Å². The Morgan fingerprint density at radius 2 is 1.74 bits per heavy atom. The molecule has 38 heavy (non-hydrogen) atoms. The lowest BCUT2D eigenvalue weighted by molar-refractivity contribution is -0.143. The minimum atomic E-state index is -0.652. The summed E-state index contributed by atoms with van der Waals surface area (Å²) in [7, 11) is 0. The predicted molar refractivity (Wildman–Crippen MR) is 153 cm³/mol. The third-order valence-electron chi connectivity index (χ3n) is 6.41. The van der Waals surface area contributed by atoms with E-state index in [1.807, 2.05) is 49.4 Å². The van der Waals surface area contributed by atoms with E-state index in [9.17, 15) is 9.59 Å². The standard InChI is InChI=1S/C30H35N3O4S/c1-7-32(8-2)23-14-10-21(11-15-23)18-25-28(34)33-27(22-12-16-24(17-13-22)36-9-3)26(29(35)37-19(4)5)20(6)31-30(33)38-25/h10-19,27H,7-9H2,1-6H3/b25-18+/t27-/m0/s1. The first kappa shape index (κ1) is 27.4. The van der Waals surface area contributed by atoms with Gasteiger partial charge in [0.15, 0.2) is 4.80 Å². The van der Waals surface area contributed by atoms with Crippen LogP contribution in [0.3, 0.4) is 0 Å². The molecule has 0 bridgehead atoms. The fraction of sp³-hybridized carbons (Fsp3) is 0.367. The average molecular weight is 534 g/mol. The van der Waals surface area contributed by atoms with Crippen LogP contribution in [-0.4, -0.2) is 36.3 Å². The highest BCUT2D eigenvalue weighted by Crippen LogP contribution is 2.32. The lowest BCUT2D eigenvalue weighted by Gasteiger charge is -2.25. The number of thiazole rings is 1. The van der Waals surface area contributed by atoms with Crippen LogP contribution in [0, 0.1) is 0 Å². The third-order valence-corrected chi connectivity index (χ3v) is 7.39. The zero-order valence-corrected chi connectivity index (χ0v) is 23.7. The molecule has 0 saturated heterocycles. The Hall–Kier alpha value is -3.65. The van der Waals surface area contributed by atoms with Crippen LogP contribution in [-0.2, 0) is 9.53 Å². The molecule has 0 unspecified atom stereocenters. The van der Waals surface area contributed by atoms with Gasteiger partial charge in [0.25, 0.3) is 5.56 Å². The van der Waals surface area contributed by atoms with E-state index in [-0.39, 0.29) is 11.7 Å². The quantitative estimate of drug-likeness (QED) is 0.381. The number of rotatable bonds is 9. The van der Waals surface area contributed by atoms with E-state index >= 15 is 0 Å². The molecule has 4 rings (SSSR count). The van der Waals surface area contributed by atoms with Gasteiger partial charge in [-0.2, -0.15) is 0 Å². The second-order valence-electron chi connectivity index (χ2n) is 9.30. The molecule has 0 spiro atoms. The largest absolute Gasteiger partial charge is 0.494 e. The lowest BCUT2D eigenvalue weighted by Crippen LogP contribution is -2.40. The summed E-state index contributed by atoms with van der Waals surface area (Å²) in [6.45, 7) is 14.0. The SMILES string of the molecule is CCOc1ccc([C@H]2C(C(=O)OC(C)C)=C(C)N=c3s/c(=C/c4ccc(N(CC)CC)cc4)c(=O)n32)cc1. The van der Waals surface area contributed by atoms with Gasteiger partial charge in [-0.15, -0.1) is 0 Å². The average Bonchev–Trinajstić information content (AvgIpc) is 3.19. The predicted octanol–water partition coefficient (Wildman–Crippen LogP) is 4.43. The first-order valence-corrected chi connectivity index (χ1v) is 13.9. The molecule has 1 atom stereocenters. The van der Waals surface area contributed by atoms with Crippen molar-refractivity contribution in [3.05, 3.63) is 90.6 Å². The molecule has 0 amide bonds. The second kappa shape index (κ2) is 11.8. The molecule has 1 aliphatic rings. The number of anilines is 1. The number of hydrogen-bond donors (Lipinski definition) is 0. The first-order chi connectivity index (χ1) is 18.3. The fourth-order valence-electron chi connectivity index (χ4n) is 4.61. The summed E-state index contributed by atoms with van der Waals surface area (Å²) in [5, 5.41) is 0. The molecule has 1 aliphatic heterocycles. The summed E-state index contributed by atoms with van der Waals surface area (Å²) in [6, 6.07) is 15.0. The van der Waals surface area contributed by atoms with E-state index in [0.717, 1.165) is 35.7 Å². The van der Waals surface area contributed by atoms with Gasteiger partial charge in [0.2, 0.25) is 0 Å². The summed E-state index contributed by atoms with van der Waals surface area (Å²) in [5.41, 5.74) is 3.58. The maximum Gasteiger partial charge on any atom is 0.338 e. The topological polar surface area (TPSA) is 73.1 Å². The summed E-state index contributed by atoms with van der Waals surface area (Å²) in [5.74, 6) is 0.255. The summed E-state index contributed by atoms with van der Waals surface area (Å²) < 4.78 is 13.3. The number of aromatic nitrogens is 1. The Bertz CT molecular complexity index is 1490. The Morgan fingerprint density at radius 3 is 2.32 bits per heavy atom. The van der Waals surface area contributed by atoms with E-state index in [0.29, 0.717) is 27.2 Å². The highest BCUT2D eigenvalue weighted by Gasteiger charge is 2.33. The van der Waals surface area contributed by atoms with Gasteiger partial charge in [0.1, 0.15) is 5.75 Å². The third kappa shape index (κ3) is 5.60. The van der Waals surface area contributed by atoms with Crippen molar-refractivity contribution in [2.45, 2.75) is 53.7 Å². The zero-order valence-electron chi connectivity index (χ0n) is 22.9. The number of fused-ring (bicyclic) bond motifs is 1. The molecule has 200 valence electrons. The van der Waals surface area contributed by atoms with Crippen molar-refractivity contribution in [2.75, 3.05) is 24.6 Å². The molecule has 0 aliphatic carbocycles. The first-order valence-electron chi connectivity index (χ1n) is 13.1. The van der Waals surface area contributed by atoms with Crippen LogP contribution >= 0.6 is 11.3 Å². The maximum atomic E-state index is 13.8. The fourth-order valence-corrected chi connectivity index (χ4v) is 5.66. The molecule has 0 N–H and O–H groups in total. The van der Waals surface area contributed by atoms with Gasteiger partial charge >= 0.3 is 5.97 Å². The summed E-state index contributed by atoms with van der Waals surface area (Å²) >= 11 is 1.32. The highest BCUT2D eigenvalue weighted by molar-refractivity contribution is 7.07. The van der Waals surface area contributed by atoms with Crippen molar-refractivity contribution in [1.29, 1.82) is 0 Å². The van der Waals surface area contributed by atoms with E-state index in [4.69, 9.17) is 9.47 Å². The molecule has 2 heterocycles. The van der Waals surface area contributed by atoms with E-state index in [1.165, 1.54) is 11.3 Å². The summed E-state index contributed by atoms with van der Waals surface area (Å²) in [6.07, 6.45) is 1.59. The van der Waals surface area contributed by atoms with Crippen molar-refractivity contribution in [3.63, 3.8) is 0 Å². The van der Waals surface area contributed by atoms with Crippen LogP contribution in [0.25, 0.3) is 6.08 Å². The number of carbonyl (C=O) groups is 1. The van der Waals surface area contributed by atoms with Crippen LogP contribution in [0.4, 0.5) is 5.69 Å². The van der Waals surface area contributed by atoms with Gasteiger partial charge in [-0.25, -0.2) is 9.79 Å². The molecule has 2 aromatic carbocycles. The zero-order chi connectivity index (χ0) is 27.4. The van der Waals surface area contributed by atoms with E-state index < -0.39 is 12.0 Å². The normalized spacial score (nSPS) is 15.3. The van der Waals surface area contributed by atoms with E-state index in [1.54, 1.807) is 25.3 Å².